The number of urea groups is 1. The maximum atomic E-state index is 11.1. The molecular formula is C10H10N4O2. The van der Waals surface area contributed by atoms with E-state index in [4.69, 9.17) is 0 Å². The Kier molecular flexibility index (Phi) is 2.55. The number of hydrogen-bond acceptors (Lipinski definition) is 3. The number of nitrogens with zero attached hydrogens (tertiary/aromatic N) is 1. The van der Waals surface area contributed by atoms with Crippen molar-refractivity contribution < 1.29 is 9.59 Å². The molecule has 0 fully saturated rings. The second kappa shape index (κ2) is 4.01. The van der Waals surface area contributed by atoms with E-state index in [-0.39, 0.29) is 6.03 Å². The molecule has 2 aromatic heterocycles. The Balaban J connectivity index is 2.41. The molecule has 0 atom stereocenters. The Morgan fingerprint density at radius 2 is 2.38 bits per heavy atom. The number of rotatable bonds is 2. The van der Waals surface area contributed by atoms with Crippen molar-refractivity contribution in [1.82, 2.24) is 15.3 Å². The highest BCUT2D eigenvalue weighted by molar-refractivity contribution is 5.98. The van der Waals surface area contributed by atoms with E-state index in [0.717, 1.165) is 6.29 Å². The molecule has 0 aliphatic rings. The van der Waals surface area contributed by atoms with Crippen molar-refractivity contribution in [2.24, 2.45) is 0 Å². The summed E-state index contributed by atoms with van der Waals surface area (Å²) in [5.74, 6) is 0. The van der Waals surface area contributed by atoms with Crippen LogP contribution in [0.5, 0.6) is 0 Å². The number of nitrogens with one attached hydrogen (secondary N) is 3. The van der Waals surface area contributed by atoms with Gasteiger partial charge in [-0.25, -0.2) is 9.78 Å². The van der Waals surface area contributed by atoms with E-state index in [1.165, 1.54) is 13.2 Å². The van der Waals surface area contributed by atoms with Gasteiger partial charge in [-0.2, -0.15) is 0 Å². The Morgan fingerprint density at radius 1 is 1.56 bits per heavy atom. The third-order valence-electron chi connectivity index (χ3n) is 2.17. The number of amides is 2. The monoisotopic (exact) mass is 218 g/mol. The number of aromatic amines is 1. The zero-order chi connectivity index (χ0) is 11.5. The van der Waals surface area contributed by atoms with E-state index in [1.54, 1.807) is 12.3 Å². The van der Waals surface area contributed by atoms with Crippen molar-refractivity contribution in [1.29, 1.82) is 0 Å². The van der Waals surface area contributed by atoms with Crippen molar-refractivity contribution >= 4 is 29.0 Å². The van der Waals surface area contributed by atoms with Crippen LogP contribution in [0.1, 0.15) is 10.4 Å². The van der Waals surface area contributed by atoms with Gasteiger partial charge in [0.1, 0.15) is 5.65 Å². The molecule has 6 nitrogen and oxygen atoms in total. The third kappa shape index (κ3) is 1.72. The van der Waals surface area contributed by atoms with Gasteiger partial charge >= 0.3 is 6.03 Å². The molecule has 2 rings (SSSR count). The number of aldehydes is 1. The average molecular weight is 218 g/mol. The molecule has 6 heteroatoms. The lowest BCUT2D eigenvalue weighted by atomic mass is 10.2. The summed E-state index contributed by atoms with van der Waals surface area (Å²) in [5.41, 5.74) is 1.67. The van der Waals surface area contributed by atoms with Crippen LogP contribution in [0.15, 0.2) is 18.5 Å². The van der Waals surface area contributed by atoms with Crippen molar-refractivity contribution in [3.05, 3.63) is 24.0 Å². The van der Waals surface area contributed by atoms with Gasteiger partial charge < -0.3 is 15.6 Å². The van der Waals surface area contributed by atoms with Gasteiger partial charge in [-0.3, -0.25) is 4.79 Å². The van der Waals surface area contributed by atoms with Crippen LogP contribution in [0.2, 0.25) is 0 Å². The molecule has 2 aromatic rings. The molecule has 0 aromatic carbocycles. The summed E-state index contributed by atoms with van der Waals surface area (Å²) in [5, 5.41) is 5.70. The van der Waals surface area contributed by atoms with E-state index in [0.29, 0.717) is 22.3 Å². The lowest BCUT2D eigenvalue weighted by Gasteiger charge is -2.03. The molecule has 3 N–H and O–H groups in total. The van der Waals surface area contributed by atoms with Crippen LogP contribution in [0, 0.1) is 0 Å². The summed E-state index contributed by atoms with van der Waals surface area (Å²) in [7, 11) is 1.52. The van der Waals surface area contributed by atoms with Crippen LogP contribution in [-0.2, 0) is 0 Å². The second-order valence-electron chi connectivity index (χ2n) is 3.19. The SMILES string of the molecule is CNC(=O)Nc1cnc2[nH]cc(C=O)c2c1. The summed E-state index contributed by atoms with van der Waals surface area (Å²) in [6, 6.07) is 1.36. The first kappa shape index (κ1) is 10.2. The van der Waals surface area contributed by atoms with E-state index >= 15 is 0 Å². The number of anilines is 1. The highest BCUT2D eigenvalue weighted by Crippen LogP contribution is 2.18. The van der Waals surface area contributed by atoms with Crippen molar-refractivity contribution in [3.63, 3.8) is 0 Å². The molecule has 2 amide bonds. The first-order valence-corrected chi connectivity index (χ1v) is 4.65. The molecule has 0 radical (unpaired) electrons. The van der Waals surface area contributed by atoms with Gasteiger partial charge in [0.2, 0.25) is 0 Å². The minimum Gasteiger partial charge on any atom is -0.345 e. The van der Waals surface area contributed by atoms with E-state index < -0.39 is 0 Å². The zero-order valence-electron chi connectivity index (χ0n) is 8.57. The third-order valence-corrected chi connectivity index (χ3v) is 2.17. The van der Waals surface area contributed by atoms with E-state index in [1.807, 2.05) is 0 Å². The number of aromatic nitrogens is 2. The summed E-state index contributed by atoms with van der Waals surface area (Å²) >= 11 is 0. The first-order valence-electron chi connectivity index (χ1n) is 4.65. The van der Waals surface area contributed by atoms with Crippen molar-refractivity contribution in [2.75, 3.05) is 12.4 Å². The Hall–Kier alpha value is -2.37. The molecule has 0 bridgehead atoms. The number of hydrogen-bond donors (Lipinski definition) is 3. The topological polar surface area (TPSA) is 86.9 Å². The summed E-state index contributed by atoms with van der Waals surface area (Å²) in [6.45, 7) is 0. The summed E-state index contributed by atoms with van der Waals surface area (Å²) in [4.78, 5) is 28.7. The van der Waals surface area contributed by atoms with Gasteiger partial charge in [0.25, 0.3) is 0 Å². The highest BCUT2D eigenvalue weighted by Gasteiger charge is 2.06. The molecule has 82 valence electrons. The number of carbonyl (C=O) groups is 2. The normalized spacial score (nSPS) is 10.1. The van der Waals surface area contributed by atoms with E-state index in [2.05, 4.69) is 20.6 Å². The maximum absolute atomic E-state index is 11.1. The van der Waals surface area contributed by atoms with E-state index in [9.17, 15) is 9.59 Å². The molecule has 0 saturated carbocycles. The van der Waals surface area contributed by atoms with Gasteiger partial charge in [-0.05, 0) is 6.07 Å². The van der Waals surface area contributed by atoms with Crippen LogP contribution in [0.3, 0.4) is 0 Å². The molecule has 0 spiro atoms. The lowest BCUT2D eigenvalue weighted by Crippen LogP contribution is -2.24. The van der Waals surface area contributed by atoms with Crippen LogP contribution in [0.4, 0.5) is 10.5 Å². The molecule has 0 unspecified atom stereocenters. The molecule has 0 aliphatic carbocycles. The number of pyridine rings is 1. The largest absolute Gasteiger partial charge is 0.345 e. The molecule has 0 aliphatic heterocycles. The second-order valence-corrected chi connectivity index (χ2v) is 3.19. The van der Waals surface area contributed by atoms with Gasteiger partial charge in [0, 0.05) is 24.2 Å². The number of fused-ring (bicyclic) bond motifs is 1. The van der Waals surface area contributed by atoms with Crippen LogP contribution < -0.4 is 10.6 Å². The Labute approximate surface area is 91.1 Å². The standard InChI is InChI=1S/C10H10N4O2/c1-11-10(16)14-7-2-8-6(5-15)3-12-9(8)13-4-7/h2-5H,1H3,(H,12,13)(H2,11,14,16). The maximum Gasteiger partial charge on any atom is 0.319 e. The van der Waals surface area contributed by atoms with Gasteiger partial charge in [0.05, 0.1) is 11.9 Å². The van der Waals surface area contributed by atoms with Crippen molar-refractivity contribution in [2.45, 2.75) is 0 Å². The number of carbonyl (C=O) groups excluding carboxylic acids is 2. The fourth-order valence-electron chi connectivity index (χ4n) is 1.38. The summed E-state index contributed by atoms with van der Waals surface area (Å²) in [6.07, 6.45) is 3.83. The van der Waals surface area contributed by atoms with Crippen molar-refractivity contribution in [3.8, 4) is 0 Å². The molecule has 16 heavy (non-hydrogen) atoms. The van der Waals surface area contributed by atoms with Crippen LogP contribution in [0.25, 0.3) is 11.0 Å². The van der Waals surface area contributed by atoms with Crippen LogP contribution in [-0.4, -0.2) is 29.3 Å². The quantitative estimate of drug-likeness (QED) is 0.660. The highest BCUT2D eigenvalue weighted by atomic mass is 16.2. The average Bonchev–Trinajstić information content (AvgIpc) is 2.71. The predicted molar refractivity (Wildman–Crippen MR) is 59.6 cm³/mol. The minimum atomic E-state index is -0.329. The fourth-order valence-corrected chi connectivity index (χ4v) is 1.38. The predicted octanol–water partition coefficient (Wildman–Crippen LogP) is 1.13. The molecule has 0 saturated heterocycles. The van der Waals surface area contributed by atoms with Gasteiger partial charge in [-0.1, -0.05) is 0 Å². The number of H-pyrrole nitrogens is 1. The van der Waals surface area contributed by atoms with Gasteiger partial charge in [-0.15, -0.1) is 0 Å². The smallest absolute Gasteiger partial charge is 0.319 e. The Bertz CT molecular complexity index is 547. The first-order chi connectivity index (χ1) is 7.74. The molecule has 2 heterocycles. The zero-order valence-corrected chi connectivity index (χ0v) is 8.57. The fraction of sp³-hybridized carbons (Fsp3) is 0.100. The molecular weight excluding hydrogens is 208 g/mol. The Morgan fingerprint density at radius 3 is 3.06 bits per heavy atom. The summed E-state index contributed by atoms with van der Waals surface area (Å²) < 4.78 is 0. The van der Waals surface area contributed by atoms with Gasteiger partial charge in [0.15, 0.2) is 6.29 Å². The van der Waals surface area contributed by atoms with Crippen LogP contribution >= 0.6 is 0 Å². The minimum absolute atomic E-state index is 0.329. The lowest BCUT2D eigenvalue weighted by molar-refractivity contribution is 0.112.